The number of aromatic amines is 1. The number of H-pyrrole nitrogens is 1. The van der Waals surface area contributed by atoms with Gasteiger partial charge in [0, 0.05) is 41.2 Å². The largest absolute Gasteiger partial charge is 0.489 e. The Morgan fingerprint density at radius 1 is 1.27 bits per heavy atom. The molecule has 0 spiro atoms. The third-order valence-corrected chi connectivity index (χ3v) is 6.13. The molecule has 0 aliphatic heterocycles. The first-order valence-corrected chi connectivity index (χ1v) is 11.0. The van der Waals surface area contributed by atoms with Crippen molar-refractivity contribution in [1.82, 2.24) is 20.0 Å². The van der Waals surface area contributed by atoms with Crippen LogP contribution >= 0.6 is 23.2 Å². The summed E-state index contributed by atoms with van der Waals surface area (Å²) in [6, 6.07) is 9.15. The van der Waals surface area contributed by atoms with Crippen molar-refractivity contribution in [3.8, 4) is 34.2 Å². The van der Waals surface area contributed by atoms with Gasteiger partial charge in [-0.25, -0.2) is 5.10 Å². The van der Waals surface area contributed by atoms with E-state index in [0.29, 0.717) is 55.2 Å². The van der Waals surface area contributed by atoms with Gasteiger partial charge in [-0.15, -0.1) is 0 Å². The lowest BCUT2D eigenvalue weighted by atomic mass is 9.96. The number of hydrogen-bond acceptors (Lipinski definition) is 6. The van der Waals surface area contributed by atoms with Crippen LogP contribution in [-0.2, 0) is 13.6 Å². The molecule has 8 nitrogen and oxygen atoms in total. The first-order valence-electron chi connectivity index (χ1n) is 10.2. The summed E-state index contributed by atoms with van der Waals surface area (Å²) >= 11 is 12.9. The van der Waals surface area contributed by atoms with Gasteiger partial charge >= 0.3 is 0 Å². The number of fused-ring (bicyclic) bond motifs is 1. The smallest absolute Gasteiger partial charge is 0.273 e. The molecule has 33 heavy (non-hydrogen) atoms. The van der Waals surface area contributed by atoms with Crippen molar-refractivity contribution in [2.45, 2.75) is 25.5 Å². The molecule has 166 valence electrons. The van der Waals surface area contributed by atoms with Crippen LogP contribution in [0.15, 0.2) is 35.3 Å². The molecule has 5 rings (SSSR count). The SMILES string of the molecule is Cn1ncc(-c2cc(Cl)c3c(=O)[nH]nc(CN)c3c2)c1-c1cc(Cl)cc(OC2CC2)c1C#N. The lowest BCUT2D eigenvalue weighted by molar-refractivity contribution is 0.302. The summed E-state index contributed by atoms with van der Waals surface area (Å²) in [5, 5.41) is 22.5. The average Bonchev–Trinajstić information content (AvgIpc) is 3.51. The van der Waals surface area contributed by atoms with Crippen LogP contribution in [0.25, 0.3) is 33.2 Å². The number of nitrogens with zero attached hydrogens (tertiary/aromatic N) is 4. The first-order chi connectivity index (χ1) is 15.9. The number of benzene rings is 2. The number of nitrogens with two attached hydrogens (primary N) is 1. The molecule has 10 heteroatoms. The number of aromatic nitrogens is 4. The van der Waals surface area contributed by atoms with Gasteiger partial charge in [-0.2, -0.15) is 15.5 Å². The number of halogens is 2. The molecule has 0 radical (unpaired) electrons. The molecule has 4 aromatic rings. The number of nitriles is 1. The predicted molar refractivity (Wildman–Crippen MR) is 126 cm³/mol. The second kappa shape index (κ2) is 8.19. The van der Waals surface area contributed by atoms with E-state index in [9.17, 15) is 10.1 Å². The second-order valence-electron chi connectivity index (χ2n) is 7.87. The Balaban J connectivity index is 1.76. The molecule has 0 bridgehead atoms. The summed E-state index contributed by atoms with van der Waals surface area (Å²) in [6.07, 6.45) is 3.69. The molecule has 2 aromatic carbocycles. The van der Waals surface area contributed by atoms with Gasteiger partial charge in [-0.05, 0) is 36.6 Å². The Hall–Kier alpha value is -3.38. The molecular formula is C23H18Cl2N6O2. The summed E-state index contributed by atoms with van der Waals surface area (Å²) in [5.41, 5.74) is 9.00. The Labute approximate surface area is 198 Å². The number of ether oxygens (including phenoxy) is 1. The first kappa shape index (κ1) is 21.5. The Morgan fingerprint density at radius 2 is 2.06 bits per heavy atom. The van der Waals surface area contributed by atoms with E-state index in [-0.39, 0.29) is 17.7 Å². The maximum absolute atomic E-state index is 12.3. The molecule has 1 aliphatic rings. The van der Waals surface area contributed by atoms with Gasteiger partial charge in [-0.1, -0.05) is 23.2 Å². The zero-order valence-electron chi connectivity index (χ0n) is 17.5. The van der Waals surface area contributed by atoms with Gasteiger partial charge in [-0.3, -0.25) is 9.48 Å². The Kier molecular flexibility index (Phi) is 5.33. The molecule has 0 saturated heterocycles. The van der Waals surface area contributed by atoms with Crippen molar-refractivity contribution in [2.75, 3.05) is 0 Å². The number of nitrogens with one attached hydrogen (secondary N) is 1. The minimum Gasteiger partial charge on any atom is -0.489 e. The maximum Gasteiger partial charge on any atom is 0.273 e. The fraction of sp³-hybridized carbons (Fsp3) is 0.217. The molecule has 1 aliphatic carbocycles. The van der Waals surface area contributed by atoms with Gasteiger partial charge in [0.05, 0.1) is 34.1 Å². The van der Waals surface area contributed by atoms with Crippen LogP contribution in [0.5, 0.6) is 5.75 Å². The lowest BCUT2D eigenvalue weighted by Crippen LogP contribution is -2.13. The fourth-order valence-electron chi connectivity index (χ4n) is 3.92. The molecule has 2 heterocycles. The van der Waals surface area contributed by atoms with E-state index in [0.717, 1.165) is 12.8 Å². The van der Waals surface area contributed by atoms with Crippen LogP contribution in [0.4, 0.5) is 0 Å². The highest BCUT2D eigenvalue weighted by Gasteiger charge is 2.27. The quantitative estimate of drug-likeness (QED) is 0.441. The topological polar surface area (TPSA) is 123 Å². The highest BCUT2D eigenvalue weighted by molar-refractivity contribution is 6.36. The molecule has 0 atom stereocenters. The van der Waals surface area contributed by atoms with E-state index in [1.807, 2.05) is 6.07 Å². The zero-order valence-corrected chi connectivity index (χ0v) is 19.0. The van der Waals surface area contributed by atoms with Gasteiger partial charge in [0.15, 0.2) is 0 Å². The number of rotatable bonds is 5. The summed E-state index contributed by atoms with van der Waals surface area (Å²) in [4.78, 5) is 12.3. The lowest BCUT2D eigenvalue weighted by Gasteiger charge is -2.14. The van der Waals surface area contributed by atoms with Gasteiger partial charge in [0.25, 0.3) is 5.56 Å². The van der Waals surface area contributed by atoms with Crippen molar-refractivity contribution >= 4 is 34.0 Å². The van der Waals surface area contributed by atoms with E-state index < -0.39 is 5.56 Å². The minimum absolute atomic E-state index is 0.106. The monoisotopic (exact) mass is 480 g/mol. The molecule has 1 saturated carbocycles. The third kappa shape index (κ3) is 3.74. The Bertz CT molecular complexity index is 1510. The van der Waals surface area contributed by atoms with E-state index in [2.05, 4.69) is 21.4 Å². The normalized spacial score (nSPS) is 13.3. The third-order valence-electron chi connectivity index (χ3n) is 5.62. The molecule has 0 unspecified atom stereocenters. The van der Waals surface area contributed by atoms with E-state index in [1.54, 1.807) is 36.1 Å². The van der Waals surface area contributed by atoms with Crippen LogP contribution in [-0.4, -0.2) is 26.1 Å². The van der Waals surface area contributed by atoms with Crippen LogP contribution in [0.3, 0.4) is 0 Å². The molecule has 0 amide bonds. The standard InChI is InChI=1S/C23H18Cl2N6O2/c1-31-22(14-6-12(24)7-20(16(14)8-26)33-13-2-3-13)17(10-28-31)11-4-15-19(9-27)29-30-23(32)21(15)18(25)5-11/h4-7,10,13H,2-3,9,27H2,1H3,(H,30,32). The fourth-order valence-corrected chi connectivity index (χ4v) is 4.43. The highest BCUT2D eigenvalue weighted by atomic mass is 35.5. The summed E-state index contributed by atoms with van der Waals surface area (Å²) in [5.74, 6) is 0.451. The van der Waals surface area contributed by atoms with Crippen molar-refractivity contribution in [2.24, 2.45) is 12.8 Å². The zero-order chi connectivity index (χ0) is 23.3. The van der Waals surface area contributed by atoms with Crippen LogP contribution in [0.1, 0.15) is 24.1 Å². The Morgan fingerprint density at radius 3 is 2.76 bits per heavy atom. The van der Waals surface area contributed by atoms with Gasteiger partial charge < -0.3 is 10.5 Å². The predicted octanol–water partition coefficient (Wildman–Crippen LogP) is 4.17. The van der Waals surface area contributed by atoms with Crippen LogP contribution in [0.2, 0.25) is 10.0 Å². The van der Waals surface area contributed by atoms with Gasteiger partial charge in [0.2, 0.25) is 0 Å². The van der Waals surface area contributed by atoms with Crippen molar-refractivity contribution in [1.29, 1.82) is 5.26 Å². The molecule has 3 N–H and O–H groups in total. The molecule has 1 fully saturated rings. The van der Waals surface area contributed by atoms with Crippen molar-refractivity contribution in [3.05, 3.63) is 62.1 Å². The number of hydrogen-bond donors (Lipinski definition) is 2. The van der Waals surface area contributed by atoms with E-state index in [1.165, 1.54) is 0 Å². The summed E-state index contributed by atoms with van der Waals surface area (Å²) < 4.78 is 7.62. The van der Waals surface area contributed by atoms with Crippen LogP contribution < -0.4 is 16.0 Å². The molecular weight excluding hydrogens is 463 g/mol. The highest BCUT2D eigenvalue weighted by Crippen LogP contribution is 2.41. The summed E-state index contributed by atoms with van der Waals surface area (Å²) in [6.45, 7) is 0.127. The van der Waals surface area contributed by atoms with E-state index >= 15 is 0 Å². The molecule has 2 aromatic heterocycles. The van der Waals surface area contributed by atoms with Gasteiger partial charge in [0.1, 0.15) is 17.4 Å². The second-order valence-corrected chi connectivity index (χ2v) is 8.71. The maximum atomic E-state index is 12.3. The van der Waals surface area contributed by atoms with Crippen molar-refractivity contribution < 1.29 is 4.74 Å². The minimum atomic E-state index is -0.395. The van der Waals surface area contributed by atoms with Crippen LogP contribution in [0, 0.1) is 11.3 Å². The van der Waals surface area contributed by atoms with Crippen molar-refractivity contribution in [3.63, 3.8) is 0 Å². The summed E-state index contributed by atoms with van der Waals surface area (Å²) in [7, 11) is 1.78. The average molecular weight is 481 g/mol. The number of aryl methyl sites for hydroxylation is 1. The van der Waals surface area contributed by atoms with E-state index in [4.69, 9.17) is 33.7 Å².